The summed E-state index contributed by atoms with van der Waals surface area (Å²) in [7, 11) is 1.62. The smallest absolute Gasteiger partial charge is 0.291 e. The Kier molecular flexibility index (Phi) is 4.50. The Morgan fingerprint density at radius 1 is 1.24 bits per heavy atom. The fourth-order valence-corrected chi connectivity index (χ4v) is 7.24. The topological polar surface area (TPSA) is 51.5 Å². The molecule has 1 N–H and O–H groups in total. The Morgan fingerprint density at radius 2 is 1.96 bits per heavy atom. The largest absolute Gasteiger partial charge is 0.497 e. The Labute approximate surface area is 156 Å². The molecule has 1 aliphatic carbocycles. The van der Waals surface area contributed by atoms with E-state index in [2.05, 4.69) is 5.32 Å². The summed E-state index contributed by atoms with van der Waals surface area (Å²) in [5, 5.41) is 2.94. The van der Waals surface area contributed by atoms with Crippen molar-refractivity contribution < 1.29 is 13.9 Å². The highest BCUT2D eigenvalue weighted by molar-refractivity contribution is 8.20. The number of carbonyl (C=O) groups is 1. The van der Waals surface area contributed by atoms with Crippen LogP contribution in [0.1, 0.15) is 40.3 Å². The number of rotatable bonds is 3. The fraction of sp³-hybridized carbons (Fsp3) is 0.421. The Morgan fingerprint density at radius 3 is 2.64 bits per heavy atom. The summed E-state index contributed by atoms with van der Waals surface area (Å²) in [6.45, 7) is 2.03. The average Bonchev–Trinajstić information content (AvgIpc) is 3.22. The normalized spacial score (nSPS) is 18.2. The van der Waals surface area contributed by atoms with Gasteiger partial charge in [-0.15, -0.1) is 23.5 Å². The number of hydrogen-bond donors (Lipinski definition) is 1. The van der Waals surface area contributed by atoms with E-state index in [0.29, 0.717) is 5.76 Å². The molecule has 0 unspecified atom stereocenters. The van der Waals surface area contributed by atoms with Crippen LogP contribution in [-0.4, -0.2) is 24.5 Å². The van der Waals surface area contributed by atoms with Crippen molar-refractivity contribution in [2.45, 2.75) is 30.3 Å². The highest BCUT2D eigenvalue weighted by atomic mass is 32.2. The van der Waals surface area contributed by atoms with Crippen LogP contribution < -0.4 is 10.1 Å². The summed E-state index contributed by atoms with van der Waals surface area (Å²) in [5.74, 6) is 4.38. The summed E-state index contributed by atoms with van der Waals surface area (Å²) < 4.78 is 11.3. The lowest BCUT2D eigenvalue weighted by atomic mass is 9.94. The Bertz CT molecular complexity index is 792. The molecule has 1 saturated heterocycles. The number of amides is 1. The van der Waals surface area contributed by atoms with Crippen molar-refractivity contribution in [3.63, 3.8) is 0 Å². The lowest BCUT2D eigenvalue weighted by Crippen LogP contribution is -2.21. The third kappa shape index (κ3) is 2.95. The first-order valence-corrected chi connectivity index (χ1v) is 10.5. The van der Waals surface area contributed by atoms with Crippen LogP contribution in [0.25, 0.3) is 0 Å². The molecule has 1 fully saturated rings. The van der Waals surface area contributed by atoms with Crippen molar-refractivity contribution in [1.29, 1.82) is 0 Å². The third-order valence-electron chi connectivity index (χ3n) is 4.82. The molecule has 0 radical (unpaired) electrons. The molecule has 0 saturated carbocycles. The van der Waals surface area contributed by atoms with Crippen molar-refractivity contribution in [3.8, 4) is 5.75 Å². The minimum Gasteiger partial charge on any atom is -0.497 e. The van der Waals surface area contributed by atoms with Crippen LogP contribution in [0.2, 0.25) is 0 Å². The first-order chi connectivity index (χ1) is 12.1. The van der Waals surface area contributed by atoms with E-state index in [1.54, 1.807) is 7.11 Å². The van der Waals surface area contributed by atoms with Crippen LogP contribution in [0.4, 0.5) is 5.69 Å². The van der Waals surface area contributed by atoms with Crippen molar-refractivity contribution in [3.05, 3.63) is 46.9 Å². The fourth-order valence-electron chi connectivity index (χ4n) is 3.68. The third-order valence-corrected chi connectivity index (χ3v) is 8.35. The minimum absolute atomic E-state index is 0.0970. The number of benzene rings is 1. The molecular formula is C19H21NO3S2. The van der Waals surface area contributed by atoms with E-state index >= 15 is 0 Å². The van der Waals surface area contributed by atoms with Gasteiger partial charge < -0.3 is 14.5 Å². The van der Waals surface area contributed by atoms with E-state index in [9.17, 15) is 4.79 Å². The van der Waals surface area contributed by atoms with Gasteiger partial charge in [0.2, 0.25) is 0 Å². The maximum atomic E-state index is 12.8. The molecule has 0 bridgehead atoms. The second-order valence-electron chi connectivity index (χ2n) is 6.34. The minimum atomic E-state index is -0.180. The summed E-state index contributed by atoms with van der Waals surface area (Å²) in [6.07, 6.45) is 3.21. The van der Waals surface area contributed by atoms with Crippen LogP contribution >= 0.6 is 23.5 Å². The summed E-state index contributed by atoms with van der Waals surface area (Å²) in [5.41, 5.74) is 3.01. The van der Waals surface area contributed by atoms with E-state index in [-0.39, 0.29) is 9.99 Å². The number of methoxy groups -OCH3 is 1. The number of ether oxygens (including phenoxy) is 1. The molecule has 1 spiro atoms. The number of carbonyl (C=O) groups excluding carboxylic acids is 1. The Balaban J connectivity index is 1.62. The van der Waals surface area contributed by atoms with Crippen molar-refractivity contribution in [2.75, 3.05) is 23.9 Å². The molecular weight excluding hydrogens is 354 g/mol. The lowest BCUT2D eigenvalue weighted by Gasteiger charge is -2.31. The Hall–Kier alpha value is -1.53. The van der Waals surface area contributed by atoms with Gasteiger partial charge in [0.25, 0.3) is 5.91 Å². The maximum absolute atomic E-state index is 12.8. The van der Waals surface area contributed by atoms with Gasteiger partial charge in [0.1, 0.15) is 11.5 Å². The molecule has 1 amide bonds. The molecule has 4 nitrogen and oxygen atoms in total. The van der Waals surface area contributed by atoms with Gasteiger partial charge in [-0.1, -0.05) is 0 Å². The molecule has 0 atom stereocenters. The zero-order valence-corrected chi connectivity index (χ0v) is 16.0. The quantitative estimate of drug-likeness (QED) is 0.834. The number of anilines is 1. The van der Waals surface area contributed by atoms with Crippen LogP contribution in [0, 0.1) is 6.92 Å². The number of nitrogens with one attached hydrogen (secondary N) is 1. The van der Waals surface area contributed by atoms with Gasteiger partial charge in [0.05, 0.1) is 11.2 Å². The van der Waals surface area contributed by atoms with Crippen molar-refractivity contribution >= 4 is 35.1 Å². The SMILES string of the molecule is COc1ccc(NC(=O)c2oc3c(c2C)C2(CCC3)SCCS2)cc1. The van der Waals surface area contributed by atoms with Gasteiger partial charge in [-0.2, -0.15) is 0 Å². The van der Waals surface area contributed by atoms with Crippen molar-refractivity contribution in [1.82, 2.24) is 0 Å². The highest BCUT2D eigenvalue weighted by Crippen LogP contribution is 2.59. The van der Waals surface area contributed by atoms with Gasteiger partial charge in [-0.3, -0.25) is 4.79 Å². The molecule has 4 rings (SSSR count). The second-order valence-corrected chi connectivity index (χ2v) is 9.39. The number of furan rings is 1. The molecule has 1 aliphatic heterocycles. The highest BCUT2D eigenvalue weighted by Gasteiger charge is 2.45. The second kappa shape index (κ2) is 6.65. The monoisotopic (exact) mass is 375 g/mol. The number of fused-ring (bicyclic) bond motifs is 2. The number of thioether (sulfide) groups is 2. The van der Waals surface area contributed by atoms with E-state index < -0.39 is 0 Å². The van der Waals surface area contributed by atoms with Gasteiger partial charge >= 0.3 is 0 Å². The molecule has 25 heavy (non-hydrogen) atoms. The molecule has 2 aromatic rings. The zero-order valence-electron chi connectivity index (χ0n) is 14.4. The van der Waals surface area contributed by atoms with Crippen molar-refractivity contribution in [2.24, 2.45) is 0 Å². The summed E-state index contributed by atoms with van der Waals surface area (Å²) in [4.78, 5) is 12.8. The standard InChI is InChI=1S/C19H21NO3S2/c1-12-16-15(4-3-9-19(16)24-10-11-25-19)23-17(12)18(21)20-13-5-7-14(22-2)8-6-13/h5-8H,3-4,9-11H2,1-2H3,(H,20,21). The van der Waals surface area contributed by atoms with Gasteiger partial charge in [0.15, 0.2) is 5.76 Å². The summed E-state index contributed by atoms with van der Waals surface area (Å²) >= 11 is 4.03. The maximum Gasteiger partial charge on any atom is 0.291 e. The predicted molar refractivity (Wildman–Crippen MR) is 104 cm³/mol. The molecule has 132 valence electrons. The first-order valence-electron chi connectivity index (χ1n) is 8.49. The van der Waals surface area contributed by atoms with Crippen LogP contribution in [0.15, 0.2) is 28.7 Å². The molecule has 6 heteroatoms. The van der Waals surface area contributed by atoms with Crippen LogP contribution in [0.3, 0.4) is 0 Å². The number of hydrogen-bond acceptors (Lipinski definition) is 5. The van der Waals surface area contributed by atoms with Gasteiger partial charge in [-0.05, 0) is 44.0 Å². The zero-order chi connectivity index (χ0) is 17.4. The predicted octanol–water partition coefficient (Wildman–Crippen LogP) is 4.82. The lowest BCUT2D eigenvalue weighted by molar-refractivity contribution is 0.0994. The molecule has 2 aliphatic rings. The van der Waals surface area contributed by atoms with E-state index in [0.717, 1.165) is 42.0 Å². The van der Waals surface area contributed by atoms with E-state index in [1.165, 1.54) is 17.1 Å². The first kappa shape index (κ1) is 16.9. The van der Waals surface area contributed by atoms with Gasteiger partial charge in [-0.25, -0.2) is 0 Å². The number of aryl methyl sites for hydroxylation is 1. The molecule has 1 aromatic carbocycles. The van der Waals surface area contributed by atoms with E-state index in [4.69, 9.17) is 9.15 Å². The summed E-state index contributed by atoms with van der Waals surface area (Å²) in [6, 6.07) is 7.32. The van der Waals surface area contributed by atoms with Crippen LogP contribution in [0.5, 0.6) is 5.75 Å². The average molecular weight is 376 g/mol. The molecule has 1 aromatic heterocycles. The van der Waals surface area contributed by atoms with Gasteiger partial charge in [0, 0.05) is 34.7 Å². The molecule has 2 heterocycles. The van der Waals surface area contributed by atoms with Crippen LogP contribution in [-0.2, 0) is 10.5 Å². The van der Waals surface area contributed by atoms with E-state index in [1.807, 2.05) is 54.7 Å².